The monoisotopic (exact) mass is 416 g/mol. The van der Waals surface area contributed by atoms with Crippen LogP contribution < -0.4 is 0 Å². The van der Waals surface area contributed by atoms with Gasteiger partial charge in [0.05, 0.1) is 6.26 Å². The molecule has 1 fully saturated rings. The molecule has 0 amide bonds. The van der Waals surface area contributed by atoms with Crippen molar-refractivity contribution in [2.45, 2.75) is 32.2 Å². The average Bonchev–Trinajstić information content (AvgIpc) is 2.93. The summed E-state index contributed by atoms with van der Waals surface area (Å²) in [6.07, 6.45) is 3.02. The van der Waals surface area contributed by atoms with E-state index >= 15 is 0 Å². The van der Waals surface area contributed by atoms with Crippen LogP contribution in [0, 0.1) is 6.92 Å². The molecule has 0 bridgehead atoms. The number of nitrogens with zero attached hydrogens (tertiary/aromatic N) is 2. The van der Waals surface area contributed by atoms with E-state index in [0.29, 0.717) is 19.0 Å². The van der Waals surface area contributed by atoms with E-state index in [4.69, 9.17) is 11.6 Å². The molecule has 148 valence electrons. The van der Waals surface area contributed by atoms with Crippen molar-refractivity contribution in [1.82, 2.24) is 8.87 Å². The molecule has 0 radical (unpaired) electrons. The topological polar surface area (TPSA) is 42.3 Å². The lowest BCUT2D eigenvalue weighted by Gasteiger charge is -2.30. The molecule has 1 aliphatic rings. The molecule has 0 unspecified atom stereocenters. The van der Waals surface area contributed by atoms with Gasteiger partial charge in [-0.05, 0) is 55.0 Å². The van der Waals surface area contributed by atoms with Crippen molar-refractivity contribution < 1.29 is 8.42 Å². The van der Waals surface area contributed by atoms with Crippen molar-refractivity contribution in [2.24, 2.45) is 0 Å². The van der Waals surface area contributed by atoms with Crippen molar-refractivity contribution in [3.05, 3.63) is 70.4 Å². The maximum Gasteiger partial charge on any atom is 0.211 e. The fourth-order valence-electron chi connectivity index (χ4n) is 4.47. The van der Waals surface area contributed by atoms with Crippen LogP contribution in [0.3, 0.4) is 0 Å². The summed E-state index contributed by atoms with van der Waals surface area (Å²) >= 11 is 6.18. The van der Waals surface area contributed by atoms with Crippen molar-refractivity contribution in [3.8, 4) is 0 Å². The summed E-state index contributed by atoms with van der Waals surface area (Å²) in [5.41, 5.74) is 5.03. The average molecular weight is 417 g/mol. The minimum absolute atomic E-state index is 0.378. The van der Waals surface area contributed by atoms with Crippen LogP contribution in [-0.4, -0.2) is 36.6 Å². The largest absolute Gasteiger partial charge is 0.340 e. The molecule has 1 aromatic heterocycles. The number of rotatable bonds is 4. The fourth-order valence-corrected chi connectivity index (χ4v) is 5.56. The van der Waals surface area contributed by atoms with Crippen molar-refractivity contribution >= 4 is 32.5 Å². The Balaban J connectivity index is 1.71. The lowest BCUT2D eigenvalue weighted by atomic mass is 9.88. The van der Waals surface area contributed by atoms with Crippen LogP contribution in [0.15, 0.2) is 48.5 Å². The van der Waals surface area contributed by atoms with E-state index in [-0.39, 0.29) is 0 Å². The van der Waals surface area contributed by atoms with Crippen LogP contribution in [0.5, 0.6) is 0 Å². The summed E-state index contributed by atoms with van der Waals surface area (Å²) in [6, 6.07) is 16.5. The zero-order valence-electron chi connectivity index (χ0n) is 16.2. The van der Waals surface area contributed by atoms with Crippen molar-refractivity contribution in [2.75, 3.05) is 19.3 Å². The number of fused-ring (bicyclic) bond motifs is 1. The highest BCUT2D eigenvalue weighted by Gasteiger charge is 2.29. The number of hydrogen-bond acceptors (Lipinski definition) is 2. The minimum atomic E-state index is -3.11. The molecule has 3 aromatic rings. The molecule has 2 heterocycles. The van der Waals surface area contributed by atoms with E-state index in [1.165, 1.54) is 34.0 Å². The van der Waals surface area contributed by atoms with Gasteiger partial charge in [0.1, 0.15) is 0 Å². The number of para-hydroxylation sites is 1. The van der Waals surface area contributed by atoms with Gasteiger partial charge in [-0.25, -0.2) is 12.7 Å². The van der Waals surface area contributed by atoms with Gasteiger partial charge < -0.3 is 4.57 Å². The number of aromatic nitrogens is 1. The number of hydrogen-bond donors (Lipinski definition) is 0. The first-order chi connectivity index (χ1) is 13.3. The van der Waals surface area contributed by atoms with Crippen LogP contribution in [0.25, 0.3) is 10.9 Å². The van der Waals surface area contributed by atoms with Crippen LogP contribution in [-0.2, 0) is 16.6 Å². The molecule has 4 rings (SSSR count). The molecular weight excluding hydrogens is 392 g/mol. The normalized spacial score (nSPS) is 16.7. The summed E-state index contributed by atoms with van der Waals surface area (Å²) in [4.78, 5) is 0. The van der Waals surface area contributed by atoms with Crippen LogP contribution in [0.2, 0.25) is 5.02 Å². The second-order valence-corrected chi connectivity index (χ2v) is 10.1. The Morgan fingerprint density at radius 3 is 2.46 bits per heavy atom. The first kappa shape index (κ1) is 19.5. The van der Waals surface area contributed by atoms with E-state index in [1.807, 2.05) is 18.2 Å². The van der Waals surface area contributed by atoms with Crippen LogP contribution in [0.4, 0.5) is 0 Å². The third-order valence-corrected chi connectivity index (χ3v) is 7.38. The lowest BCUT2D eigenvalue weighted by Crippen LogP contribution is -2.37. The van der Waals surface area contributed by atoms with Gasteiger partial charge in [0.25, 0.3) is 0 Å². The summed E-state index contributed by atoms with van der Waals surface area (Å²) < 4.78 is 27.7. The van der Waals surface area contributed by atoms with Crippen molar-refractivity contribution in [3.63, 3.8) is 0 Å². The first-order valence-electron chi connectivity index (χ1n) is 9.62. The molecule has 0 atom stereocenters. The third kappa shape index (κ3) is 3.71. The summed E-state index contributed by atoms with van der Waals surface area (Å²) in [5.74, 6) is 0.378. The highest BCUT2D eigenvalue weighted by Crippen LogP contribution is 2.38. The molecule has 0 spiro atoms. The molecule has 1 saturated heterocycles. The van der Waals surface area contributed by atoms with E-state index in [9.17, 15) is 8.42 Å². The van der Waals surface area contributed by atoms with E-state index in [1.54, 1.807) is 4.31 Å². The maximum atomic E-state index is 11.9. The van der Waals surface area contributed by atoms with Crippen molar-refractivity contribution in [1.29, 1.82) is 0 Å². The van der Waals surface area contributed by atoms with Gasteiger partial charge in [0.15, 0.2) is 0 Å². The Hall–Kier alpha value is -1.82. The Morgan fingerprint density at radius 1 is 1.07 bits per heavy atom. The van der Waals surface area contributed by atoms with Gasteiger partial charge in [0, 0.05) is 41.3 Å². The summed E-state index contributed by atoms with van der Waals surface area (Å²) in [5, 5.41) is 2.03. The van der Waals surface area contributed by atoms with Gasteiger partial charge in [-0.3, -0.25) is 0 Å². The zero-order chi connectivity index (χ0) is 19.9. The Morgan fingerprint density at radius 2 is 1.79 bits per heavy atom. The van der Waals surface area contributed by atoms with E-state index in [0.717, 1.165) is 24.4 Å². The van der Waals surface area contributed by atoms with E-state index < -0.39 is 10.0 Å². The minimum Gasteiger partial charge on any atom is -0.340 e. The number of piperidine rings is 1. The van der Waals surface area contributed by atoms with Crippen LogP contribution >= 0.6 is 11.6 Å². The number of halogens is 1. The highest BCUT2D eigenvalue weighted by molar-refractivity contribution is 7.88. The summed E-state index contributed by atoms with van der Waals surface area (Å²) in [6.45, 7) is 4.14. The Bertz CT molecular complexity index is 1110. The number of benzene rings is 2. The SMILES string of the molecule is Cc1c(C2CCN(S(C)(=O)=O)CC2)c2ccccc2n1Cc1cccc(Cl)c1. The van der Waals surface area contributed by atoms with Gasteiger partial charge in [-0.15, -0.1) is 0 Å². The lowest BCUT2D eigenvalue weighted by molar-refractivity contribution is 0.321. The summed E-state index contributed by atoms with van der Waals surface area (Å²) in [7, 11) is -3.11. The Kier molecular flexibility index (Phi) is 5.25. The number of sulfonamides is 1. The highest BCUT2D eigenvalue weighted by atomic mass is 35.5. The van der Waals surface area contributed by atoms with Gasteiger partial charge in [0.2, 0.25) is 10.0 Å². The molecule has 28 heavy (non-hydrogen) atoms. The third-order valence-electron chi connectivity index (χ3n) is 5.84. The Labute approximate surface area is 171 Å². The maximum absolute atomic E-state index is 11.9. The molecule has 6 heteroatoms. The van der Waals surface area contributed by atoms with Gasteiger partial charge >= 0.3 is 0 Å². The predicted octanol–water partition coefficient (Wildman–Crippen LogP) is 4.79. The van der Waals surface area contributed by atoms with Crippen LogP contribution in [0.1, 0.15) is 35.6 Å². The second kappa shape index (κ2) is 7.54. The van der Waals surface area contributed by atoms with Gasteiger partial charge in [-0.1, -0.05) is 41.9 Å². The fraction of sp³-hybridized carbons (Fsp3) is 0.364. The molecule has 0 aliphatic carbocycles. The first-order valence-corrected chi connectivity index (χ1v) is 11.8. The smallest absolute Gasteiger partial charge is 0.211 e. The molecule has 2 aromatic carbocycles. The molecular formula is C22H25ClN2O2S. The second-order valence-electron chi connectivity index (χ2n) is 7.67. The quantitative estimate of drug-likeness (QED) is 0.613. The molecule has 1 aliphatic heterocycles. The van der Waals surface area contributed by atoms with Gasteiger partial charge in [-0.2, -0.15) is 0 Å². The van der Waals surface area contributed by atoms with E-state index in [2.05, 4.69) is 41.8 Å². The molecule has 4 nitrogen and oxygen atoms in total. The predicted molar refractivity (Wildman–Crippen MR) is 116 cm³/mol. The zero-order valence-corrected chi connectivity index (χ0v) is 17.8. The molecule has 0 saturated carbocycles. The molecule has 0 N–H and O–H groups in total. The standard InChI is InChI=1S/C22H25ClN2O2S/c1-16-22(18-10-12-24(13-11-18)28(2,26)27)20-8-3-4-9-21(20)25(16)15-17-6-5-7-19(23)14-17/h3-9,14,18H,10-13,15H2,1-2H3.